The van der Waals surface area contributed by atoms with Crippen LogP contribution >= 0.6 is 11.8 Å². The van der Waals surface area contributed by atoms with E-state index in [-0.39, 0.29) is 5.75 Å². The monoisotopic (exact) mass is 335 g/mol. The highest BCUT2D eigenvalue weighted by atomic mass is 32.2. The summed E-state index contributed by atoms with van der Waals surface area (Å²) in [6, 6.07) is 16.4. The van der Waals surface area contributed by atoms with Gasteiger partial charge in [-0.05, 0) is 37.1 Å². The third kappa shape index (κ3) is 3.45. The molecule has 0 bridgehead atoms. The molecule has 6 heteroatoms. The number of nitrogens with zero attached hydrogens (tertiary/aromatic N) is 1. The van der Waals surface area contributed by atoms with Crippen molar-refractivity contribution in [3.8, 4) is 0 Å². The van der Waals surface area contributed by atoms with Gasteiger partial charge in [-0.3, -0.25) is 4.55 Å². The summed E-state index contributed by atoms with van der Waals surface area (Å²) in [5.41, 5.74) is 2.30. The summed E-state index contributed by atoms with van der Waals surface area (Å²) in [5.74, 6) is -0.182. The number of fused-ring (bicyclic) bond motifs is 2. The Morgan fingerprint density at radius 1 is 0.909 bits per heavy atom. The molecule has 0 atom stereocenters. The summed E-state index contributed by atoms with van der Waals surface area (Å²) in [7, 11) is -3.87. The van der Waals surface area contributed by atoms with E-state index >= 15 is 0 Å². The summed E-state index contributed by atoms with van der Waals surface area (Å²) >= 11 is 1.75. The summed E-state index contributed by atoms with van der Waals surface area (Å²) in [4.78, 5) is 4.64. The van der Waals surface area contributed by atoms with Crippen LogP contribution in [-0.4, -0.2) is 25.3 Å². The molecule has 3 rings (SSSR count). The van der Waals surface area contributed by atoms with Crippen LogP contribution in [0.5, 0.6) is 0 Å². The van der Waals surface area contributed by atoms with Gasteiger partial charge in [0.25, 0.3) is 10.1 Å². The van der Waals surface area contributed by atoms with Crippen molar-refractivity contribution >= 4 is 33.3 Å². The van der Waals surface area contributed by atoms with Crippen LogP contribution in [-0.2, 0) is 10.1 Å². The Labute approximate surface area is 134 Å². The molecule has 1 heterocycles. The lowest BCUT2D eigenvalue weighted by atomic mass is 10.2. The molecule has 0 aromatic heterocycles. The Hall–Kier alpha value is -1.50. The zero-order valence-corrected chi connectivity index (χ0v) is 13.6. The first-order chi connectivity index (χ1) is 10.5. The van der Waals surface area contributed by atoms with Crippen molar-refractivity contribution in [2.75, 3.05) is 17.2 Å². The molecule has 4 nitrogen and oxygen atoms in total. The summed E-state index contributed by atoms with van der Waals surface area (Å²) in [6.07, 6.45) is 1.15. The lowest BCUT2D eigenvalue weighted by Gasteiger charge is -2.32. The summed E-state index contributed by atoms with van der Waals surface area (Å²) < 4.78 is 30.5. The van der Waals surface area contributed by atoms with Gasteiger partial charge in [-0.2, -0.15) is 8.42 Å². The zero-order chi connectivity index (χ0) is 15.6. The minimum Gasteiger partial charge on any atom is -0.340 e. The predicted molar refractivity (Wildman–Crippen MR) is 89.7 cm³/mol. The van der Waals surface area contributed by atoms with Crippen molar-refractivity contribution in [3.05, 3.63) is 48.5 Å². The van der Waals surface area contributed by atoms with E-state index in [0.29, 0.717) is 12.8 Å². The van der Waals surface area contributed by atoms with Gasteiger partial charge in [-0.1, -0.05) is 36.0 Å². The number of rotatable bonds is 5. The molecule has 0 aliphatic carbocycles. The molecule has 2 aromatic rings. The fourth-order valence-electron chi connectivity index (χ4n) is 2.58. The number of para-hydroxylation sites is 2. The van der Waals surface area contributed by atoms with Crippen LogP contribution in [0.25, 0.3) is 0 Å². The van der Waals surface area contributed by atoms with Crippen molar-refractivity contribution in [2.45, 2.75) is 22.6 Å². The van der Waals surface area contributed by atoms with Gasteiger partial charge in [-0.15, -0.1) is 0 Å². The highest BCUT2D eigenvalue weighted by molar-refractivity contribution is 7.99. The van der Waals surface area contributed by atoms with E-state index in [2.05, 4.69) is 29.2 Å². The van der Waals surface area contributed by atoms with E-state index in [1.165, 1.54) is 9.79 Å². The Bertz CT molecular complexity index is 729. The van der Waals surface area contributed by atoms with Gasteiger partial charge in [0, 0.05) is 16.3 Å². The summed E-state index contributed by atoms with van der Waals surface area (Å²) in [6.45, 7) is 0.726. The van der Waals surface area contributed by atoms with Gasteiger partial charge in [0.1, 0.15) is 0 Å². The second-order valence-corrected chi connectivity index (χ2v) is 7.84. The number of benzene rings is 2. The Balaban J connectivity index is 1.81. The Morgan fingerprint density at radius 2 is 1.45 bits per heavy atom. The normalized spacial score (nSPS) is 13.6. The summed E-state index contributed by atoms with van der Waals surface area (Å²) in [5, 5.41) is 0. The third-order valence-electron chi connectivity index (χ3n) is 3.57. The molecule has 116 valence electrons. The highest BCUT2D eigenvalue weighted by Crippen LogP contribution is 2.47. The standard InChI is InChI=1S/C16H17NO3S2/c18-22(19,20)12-6-5-11-17-13-7-1-3-9-15(13)21-16-10-4-2-8-14(16)17/h1-4,7-10H,5-6,11-12H2,(H,18,19,20). The van der Waals surface area contributed by atoms with Crippen LogP contribution in [0.4, 0.5) is 11.4 Å². The maximum atomic E-state index is 10.8. The minimum absolute atomic E-state index is 0.182. The molecular weight excluding hydrogens is 318 g/mol. The number of anilines is 2. The molecule has 0 amide bonds. The van der Waals surface area contributed by atoms with Crippen molar-refractivity contribution in [1.82, 2.24) is 0 Å². The molecule has 0 radical (unpaired) electrons. The quantitative estimate of drug-likeness (QED) is 0.662. The number of hydrogen-bond donors (Lipinski definition) is 1. The van der Waals surface area contributed by atoms with E-state index in [1.54, 1.807) is 11.8 Å². The van der Waals surface area contributed by atoms with Crippen LogP contribution in [0.3, 0.4) is 0 Å². The van der Waals surface area contributed by atoms with Crippen molar-refractivity contribution < 1.29 is 13.0 Å². The molecule has 0 fully saturated rings. The first-order valence-corrected chi connectivity index (χ1v) is 9.56. The molecule has 22 heavy (non-hydrogen) atoms. The largest absolute Gasteiger partial charge is 0.340 e. The average Bonchev–Trinajstić information content (AvgIpc) is 2.49. The fourth-order valence-corrected chi connectivity index (χ4v) is 4.24. The molecule has 0 saturated heterocycles. The zero-order valence-electron chi connectivity index (χ0n) is 12.0. The van der Waals surface area contributed by atoms with Crippen LogP contribution in [0.1, 0.15) is 12.8 Å². The highest BCUT2D eigenvalue weighted by Gasteiger charge is 2.22. The first kappa shape index (κ1) is 15.4. The molecule has 0 spiro atoms. The molecule has 0 unspecified atom stereocenters. The first-order valence-electron chi connectivity index (χ1n) is 7.13. The predicted octanol–water partition coefficient (Wildman–Crippen LogP) is 3.96. The van der Waals surface area contributed by atoms with Gasteiger partial charge in [-0.25, -0.2) is 0 Å². The van der Waals surface area contributed by atoms with Crippen LogP contribution in [0.15, 0.2) is 58.3 Å². The van der Waals surface area contributed by atoms with Gasteiger partial charge < -0.3 is 4.90 Å². The van der Waals surface area contributed by atoms with Crippen molar-refractivity contribution in [1.29, 1.82) is 0 Å². The average molecular weight is 335 g/mol. The SMILES string of the molecule is O=S(=O)(O)CCCCN1c2ccccc2Sc2ccccc21. The maximum Gasteiger partial charge on any atom is 0.264 e. The lowest BCUT2D eigenvalue weighted by molar-refractivity contribution is 0.480. The maximum absolute atomic E-state index is 10.8. The van der Waals surface area contributed by atoms with Crippen molar-refractivity contribution in [3.63, 3.8) is 0 Å². The van der Waals surface area contributed by atoms with Gasteiger partial charge in [0.2, 0.25) is 0 Å². The van der Waals surface area contributed by atoms with Crippen LogP contribution in [0.2, 0.25) is 0 Å². The Morgan fingerprint density at radius 3 is 2.00 bits per heavy atom. The van der Waals surface area contributed by atoms with E-state index in [0.717, 1.165) is 17.9 Å². The molecule has 2 aromatic carbocycles. The second-order valence-electron chi connectivity index (χ2n) is 5.18. The third-order valence-corrected chi connectivity index (χ3v) is 5.50. The molecule has 1 aliphatic heterocycles. The molecule has 0 saturated carbocycles. The van der Waals surface area contributed by atoms with Crippen LogP contribution < -0.4 is 4.90 Å². The minimum atomic E-state index is -3.87. The van der Waals surface area contributed by atoms with Gasteiger partial charge >= 0.3 is 0 Å². The molecule has 1 N–H and O–H groups in total. The van der Waals surface area contributed by atoms with E-state index in [1.807, 2.05) is 24.3 Å². The molecule has 1 aliphatic rings. The van der Waals surface area contributed by atoms with E-state index < -0.39 is 10.1 Å². The van der Waals surface area contributed by atoms with Gasteiger partial charge in [0.05, 0.1) is 17.1 Å². The lowest BCUT2D eigenvalue weighted by Crippen LogP contribution is -2.22. The van der Waals surface area contributed by atoms with Gasteiger partial charge in [0.15, 0.2) is 0 Å². The topological polar surface area (TPSA) is 57.6 Å². The molecular formula is C16H17NO3S2. The van der Waals surface area contributed by atoms with Crippen molar-refractivity contribution in [2.24, 2.45) is 0 Å². The smallest absolute Gasteiger partial charge is 0.264 e. The fraction of sp³-hybridized carbons (Fsp3) is 0.250. The number of unbranched alkanes of at least 4 members (excludes halogenated alkanes) is 1. The second kappa shape index (κ2) is 6.32. The number of hydrogen-bond acceptors (Lipinski definition) is 4. The van der Waals surface area contributed by atoms with Crippen LogP contribution in [0, 0.1) is 0 Å². The van der Waals surface area contributed by atoms with E-state index in [4.69, 9.17) is 4.55 Å². The van der Waals surface area contributed by atoms with E-state index in [9.17, 15) is 8.42 Å². The Kier molecular flexibility index (Phi) is 4.42.